The van der Waals surface area contributed by atoms with Crippen LogP contribution in [0.5, 0.6) is 0 Å². The SMILES string of the molecule is CCCCOC([NH])=O. The van der Waals surface area contributed by atoms with Crippen LogP contribution in [0.15, 0.2) is 0 Å². The first-order valence-corrected chi connectivity index (χ1v) is 2.65. The largest absolute Gasteiger partial charge is 0.448 e. The van der Waals surface area contributed by atoms with Gasteiger partial charge in [-0.25, -0.2) is 10.5 Å². The van der Waals surface area contributed by atoms with Crippen molar-refractivity contribution in [3.05, 3.63) is 0 Å². The van der Waals surface area contributed by atoms with Crippen LogP contribution in [0, 0.1) is 0 Å². The number of rotatable bonds is 3. The molecule has 1 amide bonds. The molecule has 0 saturated heterocycles. The van der Waals surface area contributed by atoms with E-state index in [1.54, 1.807) is 0 Å². The van der Waals surface area contributed by atoms with E-state index in [9.17, 15) is 4.79 Å². The molecule has 8 heavy (non-hydrogen) atoms. The minimum atomic E-state index is -0.932. The summed E-state index contributed by atoms with van der Waals surface area (Å²) >= 11 is 0. The van der Waals surface area contributed by atoms with Crippen LogP contribution >= 0.6 is 0 Å². The highest BCUT2D eigenvalue weighted by Gasteiger charge is 1.90. The first-order chi connectivity index (χ1) is 3.77. The van der Waals surface area contributed by atoms with Crippen molar-refractivity contribution in [2.75, 3.05) is 6.61 Å². The smallest absolute Gasteiger partial charge is 0.426 e. The maximum absolute atomic E-state index is 9.76. The van der Waals surface area contributed by atoms with Crippen LogP contribution in [0.2, 0.25) is 0 Å². The van der Waals surface area contributed by atoms with E-state index in [4.69, 9.17) is 5.73 Å². The van der Waals surface area contributed by atoms with Crippen molar-refractivity contribution in [3.63, 3.8) is 0 Å². The molecule has 0 aliphatic heterocycles. The molecule has 0 atom stereocenters. The quantitative estimate of drug-likeness (QED) is 0.520. The molecule has 0 unspecified atom stereocenters. The number of carbonyl (C=O) groups is 1. The number of hydrogen-bond donors (Lipinski definition) is 0. The van der Waals surface area contributed by atoms with E-state index in [2.05, 4.69) is 4.74 Å². The Morgan fingerprint density at radius 3 is 2.75 bits per heavy atom. The van der Waals surface area contributed by atoms with Crippen LogP contribution in [-0.4, -0.2) is 12.7 Å². The van der Waals surface area contributed by atoms with Crippen LogP contribution in [0.4, 0.5) is 4.79 Å². The number of ether oxygens (including phenoxy) is 1. The molecule has 3 heteroatoms. The average Bonchev–Trinajstić information content (AvgIpc) is 1.66. The van der Waals surface area contributed by atoms with Gasteiger partial charge in [0.1, 0.15) is 0 Å². The molecule has 0 aliphatic carbocycles. The highest BCUT2D eigenvalue weighted by atomic mass is 16.5. The topological polar surface area (TPSA) is 50.1 Å². The fraction of sp³-hybridized carbons (Fsp3) is 0.800. The fourth-order valence-electron chi connectivity index (χ4n) is 0.309. The molecular formula is C5H10NO2. The van der Waals surface area contributed by atoms with E-state index in [0.717, 1.165) is 12.8 Å². The Labute approximate surface area is 48.8 Å². The lowest BCUT2D eigenvalue weighted by atomic mass is 10.4. The van der Waals surface area contributed by atoms with Crippen molar-refractivity contribution >= 4 is 6.09 Å². The Kier molecular flexibility index (Phi) is 4.03. The van der Waals surface area contributed by atoms with E-state index >= 15 is 0 Å². The van der Waals surface area contributed by atoms with Crippen molar-refractivity contribution in [1.82, 2.24) is 5.73 Å². The molecule has 0 rings (SSSR count). The second-order valence-electron chi connectivity index (χ2n) is 1.49. The average molecular weight is 116 g/mol. The van der Waals surface area contributed by atoms with Gasteiger partial charge in [-0.3, -0.25) is 0 Å². The summed E-state index contributed by atoms with van der Waals surface area (Å²) < 4.78 is 4.31. The van der Waals surface area contributed by atoms with Gasteiger partial charge in [-0.05, 0) is 6.42 Å². The minimum absolute atomic E-state index is 0.388. The van der Waals surface area contributed by atoms with Gasteiger partial charge in [0, 0.05) is 0 Å². The van der Waals surface area contributed by atoms with Gasteiger partial charge in [0.25, 0.3) is 0 Å². The van der Waals surface area contributed by atoms with Gasteiger partial charge in [-0.15, -0.1) is 0 Å². The number of carbonyl (C=O) groups excluding carboxylic acids is 1. The van der Waals surface area contributed by atoms with E-state index in [-0.39, 0.29) is 0 Å². The number of hydrogen-bond acceptors (Lipinski definition) is 2. The third-order valence-electron chi connectivity index (χ3n) is 0.731. The molecule has 0 aromatic rings. The molecule has 0 spiro atoms. The number of unbranched alkanes of at least 4 members (excludes halogenated alkanes) is 1. The molecule has 1 radical (unpaired) electrons. The van der Waals surface area contributed by atoms with Crippen molar-refractivity contribution < 1.29 is 9.53 Å². The predicted octanol–water partition coefficient (Wildman–Crippen LogP) is 1.21. The number of amides is 1. The van der Waals surface area contributed by atoms with Crippen LogP contribution in [-0.2, 0) is 4.74 Å². The summed E-state index contributed by atoms with van der Waals surface area (Å²) in [7, 11) is 0. The van der Waals surface area contributed by atoms with Crippen molar-refractivity contribution in [3.8, 4) is 0 Å². The summed E-state index contributed by atoms with van der Waals surface area (Å²) in [5.41, 5.74) is 6.29. The predicted molar refractivity (Wildman–Crippen MR) is 29.4 cm³/mol. The lowest BCUT2D eigenvalue weighted by Crippen LogP contribution is -2.02. The first kappa shape index (κ1) is 7.27. The molecule has 47 valence electrons. The number of nitrogens with one attached hydrogen (secondary N) is 1. The highest BCUT2D eigenvalue weighted by Crippen LogP contribution is 1.86. The van der Waals surface area contributed by atoms with E-state index < -0.39 is 6.09 Å². The summed E-state index contributed by atoms with van der Waals surface area (Å²) in [6.45, 7) is 2.39. The molecule has 0 saturated carbocycles. The second-order valence-corrected chi connectivity index (χ2v) is 1.49. The Morgan fingerprint density at radius 2 is 2.38 bits per heavy atom. The molecule has 0 bridgehead atoms. The minimum Gasteiger partial charge on any atom is -0.448 e. The third-order valence-corrected chi connectivity index (χ3v) is 0.731. The van der Waals surface area contributed by atoms with Gasteiger partial charge in [0.15, 0.2) is 0 Å². The summed E-state index contributed by atoms with van der Waals surface area (Å²) in [6, 6.07) is 0. The highest BCUT2D eigenvalue weighted by molar-refractivity contribution is 5.63. The molecular weight excluding hydrogens is 106 g/mol. The Morgan fingerprint density at radius 1 is 1.75 bits per heavy atom. The van der Waals surface area contributed by atoms with Crippen LogP contribution in [0.1, 0.15) is 19.8 Å². The van der Waals surface area contributed by atoms with E-state index in [1.165, 1.54) is 0 Å². The Hall–Kier alpha value is -0.730. The third kappa shape index (κ3) is 5.27. The van der Waals surface area contributed by atoms with Gasteiger partial charge >= 0.3 is 6.09 Å². The van der Waals surface area contributed by atoms with Gasteiger partial charge in [-0.2, -0.15) is 0 Å². The van der Waals surface area contributed by atoms with E-state index in [1.807, 2.05) is 6.92 Å². The normalized spacial score (nSPS) is 8.62. The van der Waals surface area contributed by atoms with Crippen molar-refractivity contribution in [1.29, 1.82) is 0 Å². The van der Waals surface area contributed by atoms with Gasteiger partial charge in [0.2, 0.25) is 0 Å². The lowest BCUT2D eigenvalue weighted by Gasteiger charge is -1.95. The lowest BCUT2D eigenvalue weighted by molar-refractivity contribution is 0.153. The van der Waals surface area contributed by atoms with Crippen LogP contribution in [0.3, 0.4) is 0 Å². The first-order valence-electron chi connectivity index (χ1n) is 2.65. The van der Waals surface area contributed by atoms with Crippen molar-refractivity contribution in [2.24, 2.45) is 0 Å². The fourth-order valence-corrected chi connectivity index (χ4v) is 0.309. The summed E-state index contributed by atoms with van der Waals surface area (Å²) in [6.07, 6.45) is 0.913. The monoisotopic (exact) mass is 116 g/mol. The van der Waals surface area contributed by atoms with E-state index in [0.29, 0.717) is 6.61 Å². The zero-order valence-corrected chi connectivity index (χ0v) is 4.94. The summed E-state index contributed by atoms with van der Waals surface area (Å²) in [4.78, 5) is 9.76. The molecule has 0 aromatic heterocycles. The van der Waals surface area contributed by atoms with Gasteiger partial charge < -0.3 is 4.74 Å². The molecule has 3 nitrogen and oxygen atoms in total. The molecule has 0 aliphatic rings. The zero-order valence-electron chi connectivity index (χ0n) is 4.94. The molecule has 0 fully saturated rings. The molecule has 0 heterocycles. The summed E-state index contributed by atoms with van der Waals surface area (Å²) in [5.74, 6) is 0. The standard InChI is InChI=1S/C5H10NO2/c1-2-3-4-8-5(6)7/h6H,2-4H2,1H3. The maximum Gasteiger partial charge on any atom is 0.426 e. The second kappa shape index (κ2) is 4.43. The Bertz CT molecular complexity index is 72.8. The summed E-state index contributed by atoms with van der Waals surface area (Å²) in [5, 5.41) is 0. The van der Waals surface area contributed by atoms with Gasteiger partial charge in [0.05, 0.1) is 6.61 Å². The van der Waals surface area contributed by atoms with Crippen LogP contribution < -0.4 is 5.73 Å². The zero-order chi connectivity index (χ0) is 6.41. The van der Waals surface area contributed by atoms with Crippen molar-refractivity contribution in [2.45, 2.75) is 19.8 Å². The molecule has 1 N–H and O–H groups in total. The molecule has 0 aromatic carbocycles. The maximum atomic E-state index is 9.76. The Balaban J connectivity index is 2.82. The van der Waals surface area contributed by atoms with Crippen LogP contribution in [0.25, 0.3) is 0 Å². The van der Waals surface area contributed by atoms with Gasteiger partial charge in [-0.1, -0.05) is 13.3 Å².